The summed E-state index contributed by atoms with van der Waals surface area (Å²) < 4.78 is 0.971. The third-order valence-electron chi connectivity index (χ3n) is 4.10. The highest BCUT2D eigenvalue weighted by atomic mass is 79.9. The van der Waals surface area contributed by atoms with Crippen molar-refractivity contribution in [1.29, 1.82) is 0 Å². The number of hydrogen-bond donors (Lipinski definition) is 2. The van der Waals surface area contributed by atoms with Gasteiger partial charge in [0.15, 0.2) is 0 Å². The number of rotatable bonds is 2. The number of amides is 1. The minimum Gasteiger partial charge on any atom is -0.465 e. The topological polar surface area (TPSA) is 65.5 Å². The van der Waals surface area contributed by atoms with Crippen LogP contribution in [0.1, 0.15) is 12.8 Å². The maximum atomic E-state index is 10.9. The van der Waals surface area contributed by atoms with Gasteiger partial charge in [-0.3, -0.25) is 0 Å². The van der Waals surface area contributed by atoms with Crippen molar-refractivity contribution in [3.05, 3.63) is 22.8 Å². The second-order valence-electron chi connectivity index (χ2n) is 5.38. The first-order valence-electron chi connectivity index (χ1n) is 6.48. The molecule has 0 unspecified atom stereocenters. The number of likely N-dealkylation sites (tertiary alicyclic amines) is 1. The van der Waals surface area contributed by atoms with Crippen LogP contribution in [0.25, 0.3) is 0 Å². The van der Waals surface area contributed by atoms with E-state index in [-0.39, 0.29) is 0 Å². The van der Waals surface area contributed by atoms with Gasteiger partial charge >= 0.3 is 6.09 Å². The number of nitrogens with zero attached hydrogens (tertiary/aromatic N) is 2. The Kier molecular flexibility index (Phi) is 3.35. The summed E-state index contributed by atoms with van der Waals surface area (Å²) in [6, 6.07) is 4.35. The van der Waals surface area contributed by atoms with Gasteiger partial charge in [0.05, 0.1) is 0 Å². The zero-order valence-corrected chi connectivity index (χ0v) is 12.0. The molecule has 102 valence electrons. The van der Waals surface area contributed by atoms with Gasteiger partial charge in [-0.1, -0.05) is 0 Å². The summed E-state index contributed by atoms with van der Waals surface area (Å²) in [7, 11) is 0. The van der Waals surface area contributed by atoms with Crippen LogP contribution in [0.4, 0.5) is 10.6 Å². The molecule has 1 aromatic rings. The van der Waals surface area contributed by atoms with Gasteiger partial charge in [0, 0.05) is 29.8 Å². The summed E-state index contributed by atoms with van der Waals surface area (Å²) in [5.41, 5.74) is 0. The van der Waals surface area contributed by atoms with Crippen LogP contribution in [-0.4, -0.2) is 40.2 Å². The highest BCUT2D eigenvalue weighted by molar-refractivity contribution is 9.10. The normalized spacial score (nSPS) is 29.3. The smallest absolute Gasteiger partial charge is 0.407 e. The second-order valence-corrected chi connectivity index (χ2v) is 6.30. The minimum atomic E-state index is -0.784. The number of pyridine rings is 1. The summed E-state index contributed by atoms with van der Waals surface area (Å²) in [5.74, 6) is 1.90. The van der Waals surface area contributed by atoms with Crippen molar-refractivity contribution in [3.8, 4) is 0 Å². The van der Waals surface area contributed by atoms with E-state index in [1.165, 1.54) is 0 Å². The molecule has 1 aliphatic heterocycles. The molecule has 1 saturated heterocycles. The molecule has 1 amide bonds. The zero-order valence-electron chi connectivity index (χ0n) is 10.4. The molecule has 2 N–H and O–H groups in total. The molecule has 5 nitrogen and oxygen atoms in total. The maximum Gasteiger partial charge on any atom is 0.407 e. The molecule has 2 aliphatic rings. The molecule has 19 heavy (non-hydrogen) atoms. The van der Waals surface area contributed by atoms with E-state index in [0.717, 1.165) is 23.1 Å². The zero-order chi connectivity index (χ0) is 13.4. The molecule has 1 aliphatic carbocycles. The maximum absolute atomic E-state index is 10.9. The number of anilines is 1. The van der Waals surface area contributed by atoms with Gasteiger partial charge < -0.3 is 15.3 Å². The van der Waals surface area contributed by atoms with Crippen molar-refractivity contribution in [3.63, 3.8) is 0 Å². The van der Waals surface area contributed by atoms with Crippen LogP contribution >= 0.6 is 15.9 Å². The summed E-state index contributed by atoms with van der Waals surface area (Å²) in [6.07, 6.45) is 3.07. The van der Waals surface area contributed by atoms with Crippen molar-refractivity contribution in [2.75, 3.05) is 18.4 Å². The summed E-state index contributed by atoms with van der Waals surface area (Å²) >= 11 is 3.37. The average molecular weight is 326 g/mol. The van der Waals surface area contributed by atoms with E-state index in [9.17, 15) is 4.79 Å². The first-order chi connectivity index (χ1) is 9.11. The van der Waals surface area contributed by atoms with Gasteiger partial charge in [0.2, 0.25) is 0 Å². The number of aromatic nitrogens is 1. The van der Waals surface area contributed by atoms with Gasteiger partial charge in [-0.25, -0.2) is 9.78 Å². The fourth-order valence-corrected chi connectivity index (χ4v) is 3.48. The Hall–Kier alpha value is -1.30. The molecule has 3 atom stereocenters. The highest BCUT2D eigenvalue weighted by Gasteiger charge is 2.42. The first-order valence-corrected chi connectivity index (χ1v) is 7.27. The Morgan fingerprint density at radius 1 is 1.37 bits per heavy atom. The fourth-order valence-electron chi connectivity index (χ4n) is 3.24. The van der Waals surface area contributed by atoms with Crippen LogP contribution in [0.5, 0.6) is 0 Å². The first kappa shape index (κ1) is 12.7. The molecule has 2 heterocycles. The van der Waals surface area contributed by atoms with Crippen LogP contribution in [0.2, 0.25) is 0 Å². The lowest BCUT2D eigenvalue weighted by Gasteiger charge is -2.17. The molecule has 1 aromatic heterocycles. The molecule has 0 spiro atoms. The van der Waals surface area contributed by atoms with Crippen LogP contribution in [0.15, 0.2) is 22.8 Å². The Labute approximate surface area is 120 Å². The number of halogens is 1. The van der Waals surface area contributed by atoms with Gasteiger partial charge in [0.1, 0.15) is 5.82 Å². The van der Waals surface area contributed by atoms with Crippen molar-refractivity contribution < 1.29 is 9.90 Å². The van der Waals surface area contributed by atoms with Crippen LogP contribution in [0, 0.1) is 11.8 Å². The standard InChI is InChI=1S/C13H16BrN3O2/c14-10-1-2-12(15-5-10)16-11-3-8-6-17(13(18)19)7-9(8)4-11/h1-2,5,8-9,11H,3-4,6-7H2,(H,15,16)(H,18,19)/t8-,9+,11+. The van der Waals surface area contributed by atoms with Gasteiger partial charge in [-0.2, -0.15) is 0 Å². The summed E-state index contributed by atoms with van der Waals surface area (Å²) in [5, 5.41) is 12.4. The van der Waals surface area contributed by atoms with Gasteiger partial charge in [0.25, 0.3) is 0 Å². The predicted octanol–water partition coefficient (Wildman–Crippen LogP) is 2.64. The van der Waals surface area contributed by atoms with Crippen LogP contribution in [0.3, 0.4) is 0 Å². The molecule has 0 aromatic carbocycles. The van der Waals surface area contributed by atoms with E-state index < -0.39 is 6.09 Å². The lowest BCUT2D eigenvalue weighted by molar-refractivity contribution is 0.152. The molecule has 0 radical (unpaired) electrons. The van der Waals surface area contributed by atoms with E-state index in [4.69, 9.17) is 5.11 Å². The molecule has 0 bridgehead atoms. The summed E-state index contributed by atoms with van der Waals surface area (Å²) in [6.45, 7) is 1.37. The number of nitrogens with one attached hydrogen (secondary N) is 1. The van der Waals surface area contributed by atoms with Crippen molar-refractivity contribution >= 4 is 27.8 Å². The Morgan fingerprint density at radius 2 is 2.05 bits per heavy atom. The third kappa shape index (κ3) is 2.68. The lowest BCUT2D eigenvalue weighted by Crippen LogP contribution is -2.29. The number of carbonyl (C=O) groups is 1. The van der Waals surface area contributed by atoms with Crippen molar-refractivity contribution in [2.24, 2.45) is 11.8 Å². The van der Waals surface area contributed by atoms with Crippen LogP contribution < -0.4 is 5.32 Å². The lowest BCUT2D eigenvalue weighted by atomic mass is 10.0. The van der Waals surface area contributed by atoms with E-state index in [0.29, 0.717) is 31.0 Å². The summed E-state index contributed by atoms with van der Waals surface area (Å²) in [4.78, 5) is 16.8. The predicted molar refractivity (Wildman–Crippen MR) is 75.2 cm³/mol. The molecule has 2 fully saturated rings. The van der Waals surface area contributed by atoms with Gasteiger partial charge in [-0.15, -0.1) is 0 Å². The molecular weight excluding hydrogens is 310 g/mol. The highest BCUT2D eigenvalue weighted by Crippen LogP contribution is 2.39. The molecule has 3 rings (SSSR count). The Morgan fingerprint density at radius 3 is 2.58 bits per heavy atom. The largest absolute Gasteiger partial charge is 0.465 e. The monoisotopic (exact) mass is 325 g/mol. The van der Waals surface area contributed by atoms with Crippen molar-refractivity contribution in [1.82, 2.24) is 9.88 Å². The van der Waals surface area contributed by atoms with E-state index >= 15 is 0 Å². The Balaban J connectivity index is 1.57. The number of carboxylic acid groups (broad SMARTS) is 1. The fraction of sp³-hybridized carbons (Fsp3) is 0.538. The second kappa shape index (κ2) is 5.00. The quantitative estimate of drug-likeness (QED) is 0.877. The van der Waals surface area contributed by atoms with E-state index in [2.05, 4.69) is 26.2 Å². The number of hydrogen-bond acceptors (Lipinski definition) is 3. The SMILES string of the molecule is O=C(O)N1C[C@H]2C[C@H](Nc3ccc(Br)cn3)C[C@H]2C1. The van der Waals surface area contributed by atoms with E-state index in [1.807, 2.05) is 12.1 Å². The van der Waals surface area contributed by atoms with Crippen molar-refractivity contribution in [2.45, 2.75) is 18.9 Å². The molecule has 1 saturated carbocycles. The van der Waals surface area contributed by atoms with E-state index in [1.54, 1.807) is 11.1 Å². The third-order valence-corrected chi connectivity index (χ3v) is 4.57. The molecule has 6 heteroatoms. The Bertz CT molecular complexity index is 465. The average Bonchev–Trinajstić information content (AvgIpc) is 2.90. The molecular formula is C13H16BrN3O2. The minimum absolute atomic E-state index is 0.416. The number of fused-ring (bicyclic) bond motifs is 1. The van der Waals surface area contributed by atoms with Gasteiger partial charge in [-0.05, 0) is 52.7 Å². The van der Waals surface area contributed by atoms with Crippen LogP contribution in [-0.2, 0) is 0 Å².